The van der Waals surface area contributed by atoms with Crippen LogP contribution < -0.4 is 10.1 Å². The molecular weight excluding hydrogens is 575 g/mol. The van der Waals surface area contributed by atoms with Gasteiger partial charge in [0.2, 0.25) is 0 Å². The van der Waals surface area contributed by atoms with Gasteiger partial charge in [-0.1, -0.05) is 12.5 Å². The number of carbonyl (C=O) groups excluding carboxylic acids is 1. The molecule has 0 unspecified atom stereocenters. The molecule has 1 aromatic carbocycles. The van der Waals surface area contributed by atoms with E-state index >= 15 is 0 Å². The predicted molar refractivity (Wildman–Crippen MR) is 123 cm³/mol. The molecule has 17 heteroatoms. The maximum Gasteiger partial charge on any atom is 0.435 e. The summed E-state index contributed by atoms with van der Waals surface area (Å²) in [5.41, 5.74) is -6.46. The lowest BCUT2D eigenvalue weighted by atomic mass is 9.66. The van der Waals surface area contributed by atoms with Crippen molar-refractivity contribution in [2.45, 2.75) is 48.8 Å². The van der Waals surface area contributed by atoms with Gasteiger partial charge in [0, 0.05) is 18.0 Å². The van der Waals surface area contributed by atoms with Crippen LogP contribution in [-0.2, 0) is 21.4 Å². The van der Waals surface area contributed by atoms with Crippen LogP contribution in [0.25, 0.3) is 0 Å². The van der Waals surface area contributed by atoms with Crippen molar-refractivity contribution < 1.29 is 48.7 Å². The maximum absolute atomic E-state index is 14.8. The van der Waals surface area contributed by atoms with Crippen LogP contribution in [0.2, 0.25) is 0 Å². The van der Waals surface area contributed by atoms with Crippen molar-refractivity contribution in [3.05, 3.63) is 58.7 Å². The van der Waals surface area contributed by atoms with Crippen LogP contribution in [0.3, 0.4) is 0 Å². The summed E-state index contributed by atoms with van der Waals surface area (Å²) in [7, 11) is -3.71. The van der Waals surface area contributed by atoms with Gasteiger partial charge in [0.25, 0.3) is 17.7 Å². The molecule has 2 aromatic heterocycles. The average molecular weight is 593 g/mol. The summed E-state index contributed by atoms with van der Waals surface area (Å²) >= 11 is 0. The van der Waals surface area contributed by atoms with Crippen molar-refractivity contribution in [3.63, 3.8) is 0 Å². The van der Waals surface area contributed by atoms with E-state index in [4.69, 9.17) is 4.74 Å². The van der Waals surface area contributed by atoms with Gasteiger partial charge in [-0.25, -0.2) is 12.8 Å². The van der Waals surface area contributed by atoms with Crippen molar-refractivity contribution in [3.8, 4) is 11.8 Å². The molecule has 0 saturated heterocycles. The van der Waals surface area contributed by atoms with E-state index in [2.05, 4.69) is 25.7 Å². The van der Waals surface area contributed by atoms with Crippen molar-refractivity contribution in [2.75, 3.05) is 11.6 Å². The smallest absolute Gasteiger partial charge is 0.414 e. The molecule has 0 atom stereocenters. The lowest BCUT2D eigenvalue weighted by molar-refractivity contribution is -0.214. The van der Waals surface area contributed by atoms with Crippen molar-refractivity contribution in [2.24, 2.45) is 0 Å². The van der Waals surface area contributed by atoms with Gasteiger partial charge in [-0.3, -0.25) is 4.79 Å². The molecule has 4 rings (SSSR count). The first-order valence-corrected chi connectivity index (χ1v) is 13.2. The zero-order valence-electron chi connectivity index (χ0n) is 20.5. The summed E-state index contributed by atoms with van der Waals surface area (Å²) in [6.07, 6.45) is -9.34. The number of halogens is 7. The number of ether oxygens (including phenoxy) is 1. The van der Waals surface area contributed by atoms with E-state index in [1.807, 2.05) is 0 Å². The van der Waals surface area contributed by atoms with Gasteiger partial charge in [0.1, 0.15) is 11.0 Å². The molecule has 0 aliphatic heterocycles. The van der Waals surface area contributed by atoms with Crippen LogP contribution in [0.5, 0.6) is 11.8 Å². The number of hydrogen-bond acceptors (Lipinski definition) is 8. The Morgan fingerprint density at radius 3 is 2.17 bits per heavy atom. The molecule has 0 radical (unpaired) electrons. The molecule has 1 N–H and O–H groups in total. The highest BCUT2D eigenvalue weighted by atomic mass is 32.2. The summed E-state index contributed by atoms with van der Waals surface area (Å²) in [6, 6.07) is 5.24. The molecule has 214 valence electrons. The Bertz CT molecular complexity index is 1590. The number of hydrogen-bond donors (Lipinski definition) is 1. The molecule has 0 spiro atoms. The van der Waals surface area contributed by atoms with Crippen LogP contribution in [0.15, 0.2) is 35.2 Å². The van der Waals surface area contributed by atoms with E-state index < -0.39 is 73.6 Å². The second-order valence-electron chi connectivity index (χ2n) is 9.02. The number of carbonyl (C=O) groups is 1. The summed E-state index contributed by atoms with van der Waals surface area (Å²) in [4.78, 5) is 12.9. The van der Waals surface area contributed by atoms with E-state index in [1.165, 1.54) is 18.2 Å². The normalized spacial score (nSPS) is 15.3. The highest BCUT2D eigenvalue weighted by molar-refractivity contribution is 7.90. The molecule has 2 heterocycles. The third-order valence-electron chi connectivity index (χ3n) is 6.35. The molecule has 1 amide bonds. The third-order valence-corrected chi connectivity index (χ3v) is 7.46. The molecule has 0 bridgehead atoms. The fraction of sp³-hybridized carbons (Fsp3) is 0.348. The quantitative estimate of drug-likeness (QED) is 0.389. The molecule has 1 fully saturated rings. The summed E-state index contributed by atoms with van der Waals surface area (Å²) < 4.78 is 125. The fourth-order valence-corrected chi connectivity index (χ4v) is 4.74. The number of nitrogens with one attached hydrogen (secondary N) is 1. The molecule has 1 aliphatic rings. The SMILES string of the molecule is Cc1c(C(F)(F)F)nnc(Oc2nnc(C3(C(F)(F)F)CCC3)cc2F)c1C(=O)Nc1cccc(S(C)(=O)=O)c1. The van der Waals surface area contributed by atoms with Gasteiger partial charge in [0.15, 0.2) is 21.3 Å². The van der Waals surface area contributed by atoms with E-state index in [9.17, 15) is 43.9 Å². The number of amides is 1. The first kappa shape index (κ1) is 29.1. The Hall–Kier alpha value is -3.89. The number of benzene rings is 1. The van der Waals surface area contributed by atoms with E-state index in [0.29, 0.717) is 6.07 Å². The number of nitrogens with zero attached hydrogens (tertiary/aromatic N) is 4. The van der Waals surface area contributed by atoms with Gasteiger partial charge in [-0.05, 0) is 43.5 Å². The molecular formula is C23H18F7N5O4S. The van der Waals surface area contributed by atoms with Gasteiger partial charge in [0.05, 0.1) is 10.6 Å². The van der Waals surface area contributed by atoms with Gasteiger partial charge in [-0.2, -0.15) is 31.4 Å². The van der Waals surface area contributed by atoms with E-state index in [1.54, 1.807) is 0 Å². The Morgan fingerprint density at radius 2 is 1.65 bits per heavy atom. The summed E-state index contributed by atoms with van der Waals surface area (Å²) in [6.45, 7) is 0.862. The Labute approximate surface area is 221 Å². The minimum atomic E-state index is -5.07. The number of aromatic nitrogens is 4. The molecule has 9 nitrogen and oxygen atoms in total. The molecule has 1 aliphatic carbocycles. The lowest BCUT2D eigenvalue weighted by Gasteiger charge is -2.42. The minimum absolute atomic E-state index is 0.128. The average Bonchev–Trinajstić information content (AvgIpc) is 2.78. The summed E-state index contributed by atoms with van der Waals surface area (Å²) in [5.74, 6) is -4.74. The standard InChI is InChI=1S/C23H18F7N5O4S/c1-11-16(18(36)31-12-5-3-6-13(9-12)40(2,37)38)20(35-33-17(11)22(25,26)27)39-19-14(24)10-15(32-34-19)21(7-4-8-21)23(28,29)30/h3,5-6,9-10H,4,7-8H2,1-2H3,(H,31,36). The summed E-state index contributed by atoms with van der Waals surface area (Å²) in [5, 5.41) is 15.2. The highest BCUT2D eigenvalue weighted by Crippen LogP contribution is 2.54. The van der Waals surface area contributed by atoms with Crippen molar-refractivity contribution in [1.82, 2.24) is 20.4 Å². The Balaban J connectivity index is 1.73. The van der Waals surface area contributed by atoms with E-state index in [-0.39, 0.29) is 29.8 Å². The number of rotatable bonds is 6. The second kappa shape index (κ2) is 9.94. The monoisotopic (exact) mass is 593 g/mol. The van der Waals surface area contributed by atoms with Crippen LogP contribution in [0.4, 0.5) is 36.4 Å². The third kappa shape index (κ3) is 5.41. The zero-order valence-corrected chi connectivity index (χ0v) is 21.3. The minimum Gasteiger partial charge on any atom is -0.414 e. The zero-order chi connectivity index (χ0) is 29.7. The van der Waals surface area contributed by atoms with Crippen LogP contribution in [0, 0.1) is 12.7 Å². The van der Waals surface area contributed by atoms with Crippen LogP contribution >= 0.6 is 0 Å². The van der Waals surface area contributed by atoms with Crippen molar-refractivity contribution >= 4 is 21.4 Å². The molecule has 40 heavy (non-hydrogen) atoms. The number of alkyl halides is 6. The molecule has 1 saturated carbocycles. The largest absolute Gasteiger partial charge is 0.435 e. The fourth-order valence-electron chi connectivity index (χ4n) is 4.07. The predicted octanol–water partition coefficient (Wildman–Crippen LogP) is 5.17. The van der Waals surface area contributed by atoms with Crippen LogP contribution in [0.1, 0.15) is 46.6 Å². The van der Waals surface area contributed by atoms with Gasteiger partial charge >= 0.3 is 12.4 Å². The highest BCUT2D eigenvalue weighted by Gasteiger charge is 2.60. The Morgan fingerprint density at radius 1 is 1.00 bits per heavy atom. The van der Waals surface area contributed by atoms with Gasteiger partial charge in [-0.15, -0.1) is 15.3 Å². The first-order valence-electron chi connectivity index (χ1n) is 11.3. The van der Waals surface area contributed by atoms with Gasteiger partial charge < -0.3 is 10.1 Å². The number of anilines is 1. The topological polar surface area (TPSA) is 124 Å². The lowest BCUT2D eigenvalue weighted by Crippen LogP contribution is -2.48. The van der Waals surface area contributed by atoms with E-state index in [0.717, 1.165) is 19.2 Å². The van der Waals surface area contributed by atoms with Crippen LogP contribution in [-0.4, -0.2) is 47.2 Å². The molecule has 3 aromatic rings. The Kier molecular flexibility index (Phi) is 7.23. The second-order valence-corrected chi connectivity index (χ2v) is 11.0. The number of sulfone groups is 1. The van der Waals surface area contributed by atoms with Crippen molar-refractivity contribution in [1.29, 1.82) is 0 Å². The first-order chi connectivity index (χ1) is 18.4. The maximum atomic E-state index is 14.8.